The van der Waals surface area contributed by atoms with Gasteiger partial charge in [-0.2, -0.15) is 0 Å². The van der Waals surface area contributed by atoms with Gasteiger partial charge in [-0.3, -0.25) is 4.31 Å². The van der Waals surface area contributed by atoms with Crippen LogP contribution in [0.1, 0.15) is 12.0 Å². The first-order chi connectivity index (χ1) is 7.56. The normalized spacial score (nSPS) is 17.5. The Bertz CT molecular complexity index is 501. The van der Waals surface area contributed by atoms with Gasteiger partial charge < -0.3 is 5.11 Å². The van der Waals surface area contributed by atoms with Gasteiger partial charge in [0, 0.05) is 23.7 Å². The summed E-state index contributed by atoms with van der Waals surface area (Å²) in [5.41, 5.74) is 1.29. The fraction of sp³-hybridized carbons (Fsp3) is 0.400. The summed E-state index contributed by atoms with van der Waals surface area (Å²) < 4.78 is 25.0. The highest BCUT2D eigenvalue weighted by Gasteiger charge is 2.33. The van der Waals surface area contributed by atoms with Crippen LogP contribution in [0, 0.1) is 0 Å². The molecule has 1 aromatic rings. The smallest absolute Gasteiger partial charge is 0.239 e. The standard InChI is InChI=1S/C10H12ClNO3S/c11-9-3-1-4-10-8(9)7-16(14,15)12(10)5-2-6-13/h1,3-4,13H,2,5-7H2. The molecule has 6 heteroatoms. The molecule has 0 atom stereocenters. The molecular weight excluding hydrogens is 250 g/mol. The van der Waals surface area contributed by atoms with Gasteiger partial charge in [0.05, 0.1) is 11.4 Å². The van der Waals surface area contributed by atoms with Crippen LogP contribution in [-0.4, -0.2) is 26.7 Å². The minimum Gasteiger partial charge on any atom is -0.396 e. The van der Waals surface area contributed by atoms with Gasteiger partial charge in [0.1, 0.15) is 0 Å². The average Bonchev–Trinajstić information content (AvgIpc) is 2.48. The second-order valence-corrected chi connectivity index (χ2v) is 5.94. The Labute approximate surface area is 99.5 Å². The summed E-state index contributed by atoms with van der Waals surface area (Å²) in [5, 5.41) is 9.23. The van der Waals surface area contributed by atoms with E-state index in [1.807, 2.05) is 0 Å². The van der Waals surface area contributed by atoms with Gasteiger partial charge in [-0.05, 0) is 18.6 Å². The van der Waals surface area contributed by atoms with Crippen molar-refractivity contribution in [2.45, 2.75) is 12.2 Å². The minimum atomic E-state index is -3.30. The molecule has 0 fully saturated rings. The van der Waals surface area contributed by atoms with E-state index in [-0.39, 0.29) is 12.4 Å². The van der Waals surface area contributed by atoms with Crippen LogP contribution in [0.3, 0.4) is 0 Å². The van der Waals surface area contributed by atoms with E-state index >= 15 is 0 Å². The summed E-state index contributed by atoms with van der Waals surface area (Å²) in [7, 11) is -3.30. The Kier molecular flexibility index (Phi) is 3.10. The van der Waals surface area contributed by atoms with Crippen LogP contribution in [0.5, 0.6) is 0 Å². The molecule has 0 unspecified atom stereocenters. The number of nitrogens with zero attached hydrogens (tertiary/aromatic N) is 1. The van der Waals surface area contributed by atoms with E-state index in [1.165, 1.54) is 4.31 Å². The van der Waals surface area contributed by atoms with Crippen molar-refractivity contribution in [3.05, 3.63) is 28.8 Å². The molecular formula is C10H12ClNO3S. The van der Waals surface area contributed by atoms with Gasteiger partial charge in [-0.1, -0.05) is 17.7 Å². The van der Waals surface area contributed by atoms with E-state index in [0.29, 0.717) is 29.2 Å². The highest BCUT2D eigenvalue weighted by Crippen LogP contribution is 2.37. The van der Waals surface area contributed by atoms with Crippen LogP contribution < -0.4 is 4.31 Å². The number of anilines is 1. The van der Waals surface area contributed by atoms with Gasteiger partial charge >= 0.3 is 0 Å². The Morgan fingerprint density at radius 2 is 2.19 bits per heavy atom. The van der Waals surface area contributed by atoms with Crippen molar-refractivity contribution >= 4 is 27.3 Å². The molecule has 1 aliphatic heterocycles. The average molecular weight is 262 g/mol. The first-order valence-corrected chi connectivity index (χ1v) is 6.93. The molecule has 0 saturated heterocycles. The van der Waals surface area contributed by atoms with Gasteiger partial charge in [-0.15, -0.1) is 0 Å². The van der Waals surface area contributed by atoms with E-state index in [0.717, 1.165) is 0 Å². The third-order valence-electron chi connectivity index (χ3n) is 2.54. The number of fused-ring (bicyclic) bond motifs is 1. The van der Waals surface area contributed by atoms with Crippen molar-refractivity contribution in [3.8, 4) is 0 Å². The Morgan fingerprint density at radius 3 is 2.88 bits per heavy atom. The summed E-state index contributed by atoms with van der Waals surface area (Å²) in [6, 6.07) is 5.16. The van der Waals surface area contributed by atoms with Crippen LogP contribution in [0.2, 0.25) is 5.02 Å². The summed E-state index contributed by atoms with van der Waals surface area (Å²) in [6.45, 7) is 0.272. The zero-order valence-corrected chi connectivity index (χ0v) is 10.1. The molecule has 0 aliphatic carbocycles. The van der Waals surface area contributed by atoms with E-state index in [4.69, 9.17) is 16.7 Å². The Morgan fingerprint density at radius 1 is 1.44 bits per heavy atom. The maximum absolute atomic E-state index is 11.9. The maximum atomic E-state index is 11.9. The van der Waals surface area contributed by atoms with Crippen molar-refractivity contribution in [1.29, 1.82) is 0 Å². The maximum Gasteiger partial charge on any atom is 0.239 e. The molecule has 16 heavy (non-hydrogen) atoms. The predicted molar refractivity (Wildman–Crippen MR) is 63.1 cm³/mol. The fourth-order valence-electron chi connectivity index (χ4n) is 1.81. The van der Waals surface area contributed by atoms with Gasteiger partial charge in [-0.25, -0.2) is 8.42 Å². The molecule has 0 spiro atoms. The molecule has 0 bridgehead atoms. The van der Waals surface area contributed by atoms with Crippen molar-refractivity contribution in [3.63, 3.8) is 0 Å². The third-order valence-corrected chi connectivity index (χ3v) is 4.60. The molecule has 0 amide bonds. The van der Waals surface area contributed by atoms with Crippen molar-refractivity contribution in [2.24, 2.45) is 0 Å². The molecule has 0 radical (unpaired) electrons. The van der Waals surface area contributed by atoms with Gasteiger partial charge in [0.25, 0.3) is 0 Å². The SMILES string of the molecule is O=S1(=O)Cc2c(Cl)cccc2N1CCCO. The number of sulfonamides is 1. The molecule has 2 rings (SSSR count). The number of aliphatic hydroxyl groups excluding tert-OH is 1. The molecule has 4 nitrogen and oxygen atoms in total. The number of halogens is 1. The first kappa shape index (κ1) is 11.7. The van der Waals surface area contributed by atoms with Crippen LogP contribution in [0.15, 0.2) is 18.2 Å². The van der Waals surface area contributed by atoms with E-state index in [9.17, 15) is 8.42 Å². The second-order valence-electron chi connectivity index (χ2n) is 3.64. The minimum absolute atomic E-state index is 0.0259. The first-order valence-electron chi connectivity index (χ1n) is 4.95. The highest BCUT2D eigenvalue weighted by molar-refractivity contribution is 7.92. The molecule has 0 aromatic heterocycles. The summed E-state index contributed by atoms with van der Waals surface area (Å²) in [6.07, 6.45) is 0.422. The number of hydrogen-bond donors (Lipinski definition) is 1. The van der Waals surface area contributed by atoms with Gasteiger partial charge in [0.15, 0.2) is 0 Å². The van der Waals surface area contributed by atoms with Crippen LogP contribution in [0.4, 0.5) is 5.69 Å². The van der Waals surface area contributed by atoms with Crippen LogP contribution in [0.25, 0.3) is 0 Å². The van der Waals surface area contributed by atoms with E-state index < -0.39 is 10.0 Å². The molecule has 0 saturated carbocycles. The number of rotatable bonds is 3. The summed E-state index contributed by atoms with van der Waals surface area (Å²) in [4.78, 5) is 0. The van der Waals surface area contributed by atoms with E-state index in [2.05, 4.69) is 0 Å². The van der Waals surface area contributed by atoms with Gasteiger partial charge in [0.2, 0.25) is 10.0 Å². The topological polar surface area (TPSA) is 57.6 Å². The number of benzene rings is 1. The molecule has 88 valence electrons. The lowest BCUT2D eigenvalue weighted by Gasteiger charge is -2.17. The predicted octanol–water partition coefficient (Wildman–Crippen LogP) is 1.37. The lowest BCUT2D eigenvalue weighted by molar-refractivity contribution is 0.291. The van der Waals surface area contributed by atoms with Crippen LogP contribution >= 0.6 is 11.6 Å². The van der Waals surface area contributed by atoms with E-state index in [1.54, 1.807) is 18.2 Å². The summed E-state index contributed by atoms with van der Waals surface area (Å²) >= 11 is 5.96. The Balaban J connectivity index is 2.42. The second kappa shape index (κ2) is 4.24. The molecule has 1 heterocycles. The number of hydrogen-bond acceptors (Lipinski definition) is 3. The highest BCUT2D eigenvalue weighted by atomic mass is 35.5. The lowest BCUT2D eigenvalue weighted by atomic mass is 10.2. The number of aliphatic hydroxyl groups is 1. The Hall–Kier alpha value is -0.780. The fourth-order valence-corrected chi connectivity index (χ4v) is 3.83. The van der Waals surface area contributed by atoms with Crippen molar-refractivity contribution in [1.82, 2.24) is 0 Å². The lowest BCUT2D eigenvalue weighted by Crippen LogP contribution is -2.28. The molecule has 1 aliphatic rings. The zero-order valence-electron chi connectivity index (χ0n) is 8.56. The van der Waals surface area contributed by atoms with Crippen molar-refractivity contribution < 1.29 is 13.5 Å². The van der Waals surface area contributed by atoms with Crippen molar-refractivity contribution in [2.75, 3.05) is 17.5 Å². The zero-order chi connectivity index (χ0) is 11.8. The molecule has 1 N–H and O–H groups in total. The largest absolute Gasteiger partial charge is 0.396 e. The monoisotopic (exact) mass is 261 g/mol. The molecule has 1 aromatic carbocycles. The van der Waals surface area contributed by atoms with Crippen LogP contribution in [-0.2, 0) is 15.8 Å². The summed E-state index contributed by atoms with van der Waals surface area (Å²) in [5.74, 6) is -0.0482. The third kappa shape index (κ3) is 1.90. The quantitative estimate of drug-likeness (QED) is 0.894.